The van der Waals surface area contributed by atoms with Gasteiger partial charge in [0.1, 0.15) is 18.4 Å². The molecule has 1 aliphatic heterocycles. The van der Waals surface area contributed by atoms with Crippen molar-refractivity contribution >= 4 is 21.7 Å². The monoisotopic (exact) mass is 608 g/mol. The summed E-state index contributed by atoms with van der Waals surface area (Å²) in [6, 6.07) is 6.00. The van der Waals surface area contributed by atoms with E-state index < -0.39 is 80.6 Å². The fourth-order valence-electron chi connectivity index (χ4n) is 9.17. The molecule has 0 radical (unpaired) electrons. The molecule has 9 atom stereocenters. The number of rotatable bonds is 5. The van der Waals surface area contributed by atoms with E-state index in [0.29, 0.717) is 0 Å². The van der Waals surface area contributed by atoms with Crippen molar-refractivity contribution in [3.63, 3.8) is 0 Å². The van der Waals surface area contributed by atoms with E-state index >= 15 is 8.78 Å². The van der Waals surface area contributed by atoms with Crippen LogP contribution in [0.5, 0.6) is 0 Å². The highest BCUT2D eigenvalue weighted by Crippen LogP contribution is 2.73. The lowest BCUT2D eigenvalue weighted by Crippen LogP contribution is -2.71. The number of allylic oxidation sites excluding steroid dienone is 1. The maximum atomic E-state index is 17.6. The Morgan fingerprint density at radius 3 is 2.45 bits per heavy atom. The minimum atomic E-state index is -4.29. The van der Waals surface area contributed by atoms with E-state index in [2.05, 4.69) is 0 Å². The number of hydrogen-bond donors (Lipinski definition) is 1. The van der Waals surface area contributed by atoms with Gasteiger partial charge in [0.2, 0.25) is 0 Å². The third-order valence-electron chi connectivity index (χ3n) is 11.1. The van der Waals surface area contributed by atoms with Gasteiger partial charge in [-0.1, -0.05) is 31.5 Å². The maximum Gasteiger partial charge on any atom is 0.297 e. The van der Waals surface area contributed by atoms with Crippen molar-refractivity contribution in [3.8, 4) is 0 Å². The summed E-state index contributed by atoms with van der Waals surface area (Å²) in [7, 11) is -4.29. The van der Waals surface area contributed by atoms with Crippen molar-refractivity contribution in [2.75, 3.05) is 6.61 Å². The highest BCUT2D eigenvalue weighted by molar-refractivity contribution is 7.86. The first-order valence-corrected chi connectivity index (χ1v) is 16.0. The van der Waals surface area contributed by atoms with E-state index in [0.717, 1.165) is 5.56 Å². The summed E-state index contributed by atoms with van der Waals surface area (Å²) in [4.78, 5) is 26.2. The van der Waals surface area contributed by atoms with Gasteiger partial charge in [-0.25, -0.2) is 8.78 Å². The molecule has 0 bridgehead atoms. The number of halogens is 2. The molecule has 1 heterocycles. The van der Waals surface area contributed by atoms with Gasteiger partial charge in [-0.3, -0.25) is 13.8 Å². The van der Waals surface area contributed by atoms with Gasteiger partial charge >= 0.3 is 0 Å². The molecule has 0 spiro atoms. The van der Waals surface area contributed by atoms with Gasteiger partial charge in [0.15, 0.2) is 23.0 Å². The Labute approximate surface area is 244 Å². The number of fused-ring (bicyclic) bond motifs is 7. The molecule has 4 aliphatic carbocycles. The van der Waals surface area contributed by atoms with Gasteiger partial charge in [-0.05, 0) is 76.2 Å². The van der Waals surface area contributed by atoms with Gasteiger partial charge in [0.25, 0.3) is 10.1 Å². The molecule has 230 valence electrons. The minimum absolute atomic E-state index is 0.0536. The van der Waals surface area contributed by atoms with Crippen molar-refractivity contribution in [2.24, 2.45) is 22.7 Å². The summed E-state index contributed by atoms with van der Waals surface area (Å²) in [6.07, 6.45) is -3.07. The Morgan fingerprint density at radius 2 is 1.79 bits per heavy atom. The lowest BCUT2D eigenvalue weighted by Gasteiger charge is -2.64. The zero-order valence-electron chi connectivity index (χ0n) is 24.5. The van der Waals surface area contributed by atoms with E-state index in [1.807, 2.05) is 6.92 Å². The lowest BCUT2D eigenvalue weighted by atomic mass is 9.43. The molecule has 8 nitrogen and oxygen atoms in total. The zero-order chi connectivity index (χ0) is 30.7. The number of Topliss-reactive ketones (excluding diaryl/α,β-unsaturated/α-hetero) is 1. The molecule has 3 saturated carbocycles. The fraction of sp³-hybridized carbons (Fsp3) is 0.677. The van der Waals surface area contributed by atoms with Gasteiger partial charge in [-0.15, -0.1) is 0 Å². The number of alkyl halides is 2. The van der Waals surface area contributed by atoms with Gasteiger partial charge in [0.05, 0.1) is 17.1 Å². The first-order chi connectivity index (χ1) is 19.4. The summed E-state index contributed by atoms with van der Waals surface area (Å²) < 4.78 is 77.1. The van der Waals surface area contributed by atoms with Crippen LogP contribution < -0.4 is 0 Å². The Morgan fingerprint density at radius 1 is 1.12 bits per heavy atom. The Balaban J connectivity index is 1.38. The summed E-state index contributed by atoms with van der Waals surface area (Å²) in [5.41, 5.74) is -5.71. The smallest absolute Gasteiger partial charge is 0.297 e. The Hall–Kier alpha value is -2.05. The topological polar surface area (TPSA) is 116 Å². The van der Waals surface area contributed by atoms with Crippen molar-refractivity contribution in [1.29, 1.82) is 0 Å². The molecular weight excluding hydrogens is 570 g/mol. The van der Waals surface area contributed by atoms with Crippen LogP contribution in [0.4, 0.5) is 8.78 Å². The van der Waals surface area contributed by atoms with E-state index in [-0.39, 0.29) is 48.4 Å². The van der Waals surface area contributed by atoms with Crippen LogP contribution in [0.15, 0.2) is 40.8 Å². The first-order valence-electron chi connectivity index (χ1n) is 14.5. The van der Waals surface area contributed by atoms with Crippen LogP contribution in [0.3, 0.4) is 0 Å². The van der Waals surface area contributed by atoms with Crippen LogP contribution in [0.1, 0.15) is 65.4 Å². The van der Waals surface area contributed by atoms with E-state index in [4.69, 9.17) is 13.7 Å². The number of aryl methyl sites for hydroxylation is 1. The molecule has 1 N–H and O–H groups in total. The number of ketones is 2. The molecule has 11 heteroatoms. The number of carbonyl (C=O) groups is 2. The van der Waals surface area contributed by atoms with Gasteiger partial charge < -0.3 is 14.6 Å². The number of aliphatic hydroxyl groups is 1. The van der Waals surface area contributed by atoms with Crippen LogP contribution in [0.25, 0.3) is 0 Å². The van der Waals surface area contributed by atoms with Crippen LogP contribution >= 0.6 is 0 Å². The molecule has 0 unspecified atom stereocenters. The SMILES string of the molecule is Cc1ccc(S(=O)(=O)OCC(=O)[C@@]23OC(C)(C)O[C@@H]2C[C@H]2[C@@H]4C[C@H](F)C5=CC(=O)CC[C@]5(C)[C@@]4(F)[C@@H](O)C[C@@]23C)cc1. The normalized spacial score (nSPS) is 44.0. The second kappa shape index (κ2) is 9.23. The third kappa shape index (κ3) is 3.85. The largest absolute Gasteiger partial charge is 0.390 e. The minimum Gasteiger partial charge on any atom is -0.390 e. The van der Waals surface area contributed by atoms with Crippen molar-refractivity contribution in [1.82, 2.24) is 0 Å². The van der Waals surface area contributed by atoms with Crippen molar-refractivity contribution in [2.45, 2.75) is 107 Å². The van der Waals surface area contributed by atoms with Crippen molar-refractivity contribution in [3.05, 3.63) is 41.5 Å². The summed E-state index contributed by atoms with van der Waals surface area (Å²) in [5, 5.41) is 11.7. The number of hydrogen-bond acceptors (Lipinski definition) is 8. The molecule has 1 saturated heterocycles. The average molecular weight is 609 g/mol. The van der Waals surface area contributed by atoms with Crippen molar-refractivity contribution < 1.29 is 45.6 Å². The molecular formula is C31H38F2O8S. The molecule has 4 fully saturated rings. The predicted octanol–water partition coefficient (Wildman–Crippen LogP) is 4.31. The predicted molar refractivity (Wildman–Crippen MR) is 146 cm³/mol. The lowest BCUT2D eigenvalue weighted by molar-refractivity contribution is -0.254. The number of benzene rings is 1. The molecule has 42 heavy (non-hydrogen) atoms. The quantitative estimate of drug-likeness (QED) is 0.492. The Kier molecular flexibility index (Phi) is 6.59. The van der Waals surface area contributed by atoms with Crippen LogP contribution in [0, 0.1) is 29.6 Å². The average Bonchev–Trinajstić information content (AvgIpc) is 3.31. The number of ether oxygens (including phenoxy) is 2. The standard InChI is InChI=1S/C31H38F2O8S/c1-17-6-8-19(9-7-17)42(37,38)39-16-25(36)31-26(40-27(2,3)41-31)14-20-21-13-23(32)22-12-18(34)10-11-28(22,4)30(21,33)24(35)15-29(20,31)5/h6-9,12,20-21,23-24,26,35H,10-11,13-16H2,1-5H3/t20-,21-,23-,24-,26+,28-,29-,30-,31+/m0/s1. The van der Waals surface area contributed by atoms with Gasteiger partial charge in [-0.2, -0.15) is 8.42 Å². The highest BCUT2D eigenvalue weighted by atomic mass is 32.2. The fourth-order valence-corrected chi connectivity index (χ4v) is 10.0. The second-order valence-electron chi connectivity index (χ2n) is 13.8. The summed E-state index contributed by atoms with van der Waals surface area (Å²) >= 11 is 0. The van der Waals surface area contributed by atoms with Crippen LogP contribution in [0.2, 0.25) is 0 Å². The zero-order valence-corrected chi connectivity index (χ0v) is 25.3. The van der Waals surface area contributed by atoms with E-state index in [1.165, 1.54) is 18.2 Å². The maximum absolute atomic E-state index is 17.6. The number of aliphatic hydroxyl groups excluding tert-OH is 1. The molecule has 0 amide bonds. The molecule has 1 aromatic rings. The molecule has 6 rings (SSSR count). The molecule has 0 aromatic heterocycles. The third-order valence-corrected chi connectivity index (χ3v) is 12.4. The second-order valence-corrected chi connectivity index (χ2v) is 15.4. The van der Waals surface area contributed by atoms with E-state index in [9.17, 15) is 23.1 Å². The highest BCUT2D eigenvalue weighted by Gasteiger charge is 2.80. The van der Waals surface area contributed by atoms with Crippen LogP contribution in [-0.2, 0) is 33.4 Å². The molecule has 5 aliphatic rings. The Bertz CT molecular complexity index is 1470. The summed E-state index contributed by atoms with van der Waals surface area (Å²) in [6.45, 7) is 7.54. The van der Waals surface area contributed by atoms with Gasteiger partial charge in [0, 0.05) is 23.2 Å². The first kappa shape index (κ1) is 30.0. The van der Waals surface area contributed by atoms with Crippen LogP contribution in [-0.4, -0.2) is 67.1 Å². The number of carbonyl (C=O) groups excluding carboxylic acids is 2. The van der Waals surface area contributed by atoms with E-state index in [1.54, 1.807) is 39.8 Å². The summed E-state index contributed by atoms with van der Waals surface area (Å²) in [5.74, 6) is -3.83. The molecule has 1 aromatic carbocycles.